The smallest absolute Gasteiger partial charge is 0.338 e. The van der Waals surface area contributed by atoms with Gasteiger partial charge in [0.1, 0.15) is 13.2 Å². The minimum Gasteiger partial charge on any atom is -0.462 e. The summed E-state index contributed by atoms with van der Waals surface area (Å²) in [6, 6.07) is 8.75. The molecule has 4 nitrogen and oxygen atoms in total. The molecule has 1 aromatic carbocycles. The van der Waals surface area contributed by atoms with E-state index in [0.717, 1.165) is 12.8 Å². The predicted octanol–water partition coefficient (Wildman–Crippen LogP) is 3.75. The summed E-state index contributed by atoms with van der Waals surface area (Å²) in [6.45, 7) is 2.37. The highest BCUT2D eigenvalue weighted by Crippen LogP contribution is 2.06. The van der Waals surface area contributed by atoms with Crippen molar-refractivity contribution in [3.05, 3.63) is 35.9 Å². The first kappa shape index (κ1) is 17.2. The molecule has 0 saturated heterocycles. The summed E-state index contributed by atoms with van der Waals surface area (Å²) in [5.41, 5.74) is 0.500. The second-order valence-corrected chi connectivity index (χ2v) is 4.89. The SMILES string of the molecule is CCCCCCCC(=O)OCCOC(=O)c1ccccc1. The highest BCUT2D eigenvalue weighted by Gasteiger charge is 2.07. The molecule has 0 radical (unpaired) electrons. The molecule has 0 N–H and O–H groups in total. The van der Waals surface area contributed by atoms with Crippen molar-refractivity contribution in [2.24, 2.45) is 0 Å². The Hall–Kier alpha value is -1.84. The number of rotatable bonds is 10. The largest absolute Gasteiger partial charge is 0.462 e. The molecule has 4 heteroatoms. The number of unbranched alkanes of at least 4 members (excludes halogenated alkanes) is 4. The maximum atomic E-state index is 11.6. The third kappa shape index (κ3) is 8.12. The second-order valence-electron chi connectivity index (χ2n) is 4.89. The van der Waals surface area contributed by atoms with Crippen molar-refractivity contribution in [3.8, 4) is 0 Å². The zero-order valence-corrected chi connectivity index (χ0v) is 12.7. The number of hydrogen-bond acceptors (Lipinski definition) is 4. The van der Waals surface area contributed by atoms with Crippen molar-refractivity contribution in [2.45, 2.75) is 45.4 Å². The molecule has 116 valence electrons. The first-order chi connectivity index (χ1) is 10.2. The van der Waals surface area contributed by atoms with E-state index in [9.17, 15) is 9.59 Å². The molecule has 0 bridgehead atoms. The molecule has 0 saturated carbocycles. The summed E-state index contributed by atoms with van der Waals surface area (Å²) in [5.74, 6) is -0.617. The van der Waals surface area contributed by atoms with E-state index >= 15 is 0 Å². The van der Waals surface area contributed by atoms with Crippen LogP contribution < -0.4 is 0 Å². The van der Waals surface area contributed by atoms with Gasteiger partial charge in [-0.1, -0.05) is 50.8 Å². The van der Waals surface area contributed by atoms with Crippen LogP contribution in [0.5, 0.6) is 0 Å². The number of ether oxygens (including phenoxy) is 2. The van der Waals surface area contributed by atoms with Gasteiger partial charge in [0.05, 0.1) is 5.56 Å². The lowest BCUT2D eigenvalue weighted by molar-refractivity contribution is -0.144. The zero-order chi connectivity index (χ0) is 15.3. The quantitative estimate of drug-likeness (QED) is 0.487. The van der Waals surface area contributed by atoms with Gasteiger partial charge in [-0.05, 0) is 18.6 Å². The molecule has 0 aliphatic carbocycles. The molecule has 0 unspecified atom stereocenters. The highest BCUT2D eigenvalue weighted by atomic mass is 16.6. The molecule has 1 aromatic rings. The van der Waals surface area contributed by atoms with E-state index in [1.165, 1.54) is 19.3 Å². The molecule has 0 aliphatic heterocycles. The van der Waals surface area contributed by atoms with Gasteiger partial charge in [-0.15, -0.1) is 0 Å². The van der Waals surface area contributed by atoms with Crippen molar-refractivity contribution >= 4 is 11.9 Å². The van der Waals surface area contributed by atoms with Crippen molar-refractivity contribution < 1.29 is 19.1 Å². The Morgan fingerprint density at radius 2 is 1.57 bits per heavy atom. The number of carbonyl (C=O) groups excluding carboxylic acids is 2. The van der Waals surface area contributed by atoms with Crippen molar-refractivity contribution in [1.29, 1.82) is 0 Å². The number of hydrogen-bond donors (Lipinski definition) is 0. The first-order valence-corrected chi connectivity index (χ1v) is 7.62. The number of carbonyl (C=O) groups is 2. The van der Waals surface area contributed by atoms with Crippen LogP contribution in [0.25, 0.3) is 0 Å². The maximum absolute atomic E-state index is 11.6. The van der Waals surface area contributed by atoms with E-state index in [1.54, 1.807) is 24.3 Å². The van der Waals surface area contributed by atoms with Gasteiger partial charge in [0, 0.05) is 6.42 Å². The fraction of sp³-hybridized carbons (Fsp3) is 0.529. The van der Waals surface area contributed by atoms with Crippen LogP contribution in [0.2, 0.25) is 0 Å². The van der Waals surface area contributed by atoms with Crippen LogP contribution in [0.1, 0.15) is 55.8 Å². The molecular formula is C17H24O4. The van der Waals surface area contributed by atoms with Crippen LogP contribution in [-0.4, -0.2) is 25.2 Å². The predicted molar refractivity (Wildman–Crippen MR) is 81.1 cm³/mol. The van der Waals surface area contributed by atoms with Gasteiger partial charge in [0.2, 0.25) is 0 Å². The van der Waals surface area contributed by atoms with Gasteiger partial charge in [0.15, 0.2) is 0 Å². The standard InChI is InChI=1S/C17H24O4/c1-2-3-4-5-9-12-16(18)20-13-14-21-17(19)15-10-7-6-8-11-15/h6-8,10-11H,2-5,9,12-14H2,1H3. The van der Waals surface area contributed by atoms with E-state index in [4.69, 9.17) is 9.47 Å². The van der Waals surface area contributed by atoms with Gasteiger partial charge in [-0.3, -0.25) is 4.79 Å². The molecule has 0 amide bonds. The lowest BCUT2D eigenvalue weighted by Crippen LogP contribution is -2.13. The normalized spacial score (nSPS) is 10.1. The van der Waals surface area contributed by atoms with Crippen LogP contribution >= 0.6 is 0 Å². The van der Waals surface area contributed by atoms with E-state index < -0.39 is 5.97 Å². The Labute approximate surface area is 126 Å². The number of esters is 2. The molecule has 0 aromatic heterocycles. The first-order valence-electron chi connectivity index (χ1n) is 7.62. The second kappa shape index (κ2) is 10.9. The van der Waals surface area contributed by atoms with Crippen molar-refractivity contribution in [3.63, 3.8) is 0 Å². The Morgan fingerprint density at radius 1 is 0.905 bits per heavy atom. The Balaban J connectivity index is 2.03. The average molecular weight is 292 g/mol. The van der Waals surface area contributed by atoms with Gasteiger partial charge in [-0.2, -0.15) is 0 Å². The minimum atomic E-state index is -0.397. The summed E-state index contributed by atoms with van der Waals surface area (Å²) in [7, 11) is 0. The highest BCUT2D eigenvalue weighted by molar-refractivity contribution is 5.89. The summed E-state index contributed by atoms with van der Waals surface area (Å²) in [6.07, 6.45) is 5.94. The summed E-state index contributed by atoms with van der Waals surface area (Å²) in [5, 5.41) is 0. The summed E-state index contributed by atoms with van der Waals surface area (Å²) < 4.78 is 10.0. The minimum absolute atomic E-state index is 0.0926. The van der Waals surface area contributed by atoms with E-state index in [0.29, 0.717) is 12.0 Å². The zero-order valence-electron chi connectivity index (χ0n) is 12.7. The molecule has 0 heterocycles. The molecule has 0 aliphatic rings. The van der Waals surface area contributed by atoms with Crippen LogP contribution in [-0.2, 0) is 14.3 Å². The molecule has 1 rings (SSSR count). The van der Waals surface area contributed by atoms with Crippen LogP contribution in [0.3, 0.4) is 0 Å². The molecule has 0 atom stereocenters. The molecular weight excluding hydrogens is 268 g/mol. The average Bonchev–Trinajstić information content (AvgIpc) is 2.52. The van der Waals surface area contributed by atoms with Gasteiger partial charge >= 0.3 is 11.9 Å². The monoisotopic (exact) mass is 292 g/mol. The Morgan fingerprint density at radius 3 is 2.29 bits per heavy atom. The summed E-state index contributed by atoms with van der Waals surface area (Å²) in [4.78, 5) is 23.0. The van der Waals surface area contributed by atoms with E-state index in [-0.39, 0.29) is 19.2 Å². The molecule has 0 spiro atoms. The third-order valence-corrected chi connectivity index (χ3v) is 3.07. The maximum Gasteiger partial charge on any atom is 0.338 e. The van der Waals surface area contributed by atoms with Gasteiger partial charge in [-0.25, -0.2) is 4.79 Å². The molecule has 0 fully saturated rings. The number of benzene rings is 1. The van der Waals surface area contributed by atoms with E-state index in [2.05, 4.69) is 6.92 Å². The lowest BCUT2D eigenvalue weighted by Gasteiger charge is -2.06. The fourth-order valence-corrected chi connectivity index (χ4v) is 1.89. The van der Waals surface area contributed by atoms with E-state index in [1.807, 2.05) is 6.07 Å². The van der Waals surface area contributed by atoms with Crippen LogP contribution in [0.4, 0.5) is 0 Å². The lowest BCUT2D eigenvalue weighted by atomic mass is 10.1. The van der Waals surface area contributed by atoms with Crippen molar-refractivity contribution in [2.75, 3.05) is 13.2 Å². The molecule has 21 heavy (non-hydrogen) atoms. The Bertz CT molecular complexity index is 414. The van der Waals surface area contributed by atoms with Crippen molar-refractivity contribution in [1.82, 2.24) is 0 Å². The van der Waals surface area contributed by atoms with Crippen LogP contribution in [0.15, 0.2) is 30.3 Å². The van der Waals surface area contributed by atoms with Crippen LogP contribution in [0, 0.1) is 0 Å². The Kier molecular flexibility index (Phi) is 8.93. The summed E-state index contributed by atoms with van der Waals surface area (Å²) >= 11 is 0. The fourth-order valence-electron chi connectivity index (χ4n) is 1.89. The van der Waals surface area contributed by atoms with Gasteiger partial charge < -0.3 is 9.47 Å². The van der Waals surface area contributed by atoms with Gasteiger partial charge in [0.25, 0.3) is 0 Å². The third-order valence-electron chi connectivity index (χ3n) is 3.07. The topological polar surface area (TPSA) is 52.6 Å².